The molecule has 0 saturated carbocycles. The van der Waals surface area contributed by atoms with Crippen LogP contribution in [0, 0.1) is 6.92 Å². The second-order valence-electron chi connectivity index (χ2n) is 4.88. The second kappa shape index (κ2) is 4.16. The largest absolute Gasteiger partial charge is 0.507 e. The highest BCUT2D eigenvalue weighted by molar-refractivity contribution is 5.97. The van der Waals surface area contributed by atoms with Gasteiger partial charge >= 0.3 is 5.97 Å². The summed E-state index contributed by atoms with van der Waals surface area (Å²) in [4.78, 5) is 11.3. The van der Waals surface area contributed by atoms with Crippen molar-refractivity contribution in [2.75, 3.05) is 0 Å². The number of aromatic hydroxyl groups is 1. The van der Waals surface area contributed by atoms with E-state index in [0.29, 0.717) is 11.1 Å². The number of aromatic carboxylic acids is 1. The van der Waals surface area contributed by atoms with Gasteiger partial charge in [0.05, 0.1) is 11.8 Å². The number of carbonyl (C=O) groups is 1. The van der Waals surface area contributed by atoms with Crippen LogP contribution in [0.3, 0.4) is 0 Å². The van der Waals surface area contributed by atoms with E-state index in [9.17, 15) is 15.0 Å². The summed E-state index contributed by atoms with van der Waals surface area (Å²) >= 11 is 0. The quantitative estimate of drug-likeness (QED) is 0.868. The number of aryl methyl sites for hydroxylation is 2. The van der Waals surface area contributed by atoms with Crippen molar-refractivity contribution >= 4 is 5.97 Å². The minimum Gasteiger partial charge on any atom is -0.507 e. The number of hydrogen-bond donors (Lipinski definition) is 2. The zero-order chi connectivity index (χ0) is 13.6. The van der Waals surface area contributed by atoms with Crippen LogP contribution in [0.5, 0.6) is 5.75 Å². The molecule has 0 atom stereocenters. The van der Waals surface area contributed by atoms with Gasteiger partial charge in [0.1, 0.15) is 11.3 Å². The predicted octanol–water partition coefficient (Wildman–Crippen LogP) is 3.15. The Labute approximate surface area is 110 Å². The monoisotopic (exact) mass is 258 g/mol. The molecule has 0 radical (unpaired) electrons. The Hall–Kier alpha value is -2.23. The first-order valence-electron chi connectivity index (χ1n) is 6.25. The third kappa shape index (κ3) is 1.71. The van der Waals surface area contributed by atoms with E-state index in [1.165, 1.54) is 6.26 Å². The number of hydrogen-bond acceptors (Lipinski definition) is 3. The molecule has 1 aliphatic carbocycles. The van der Waals surface area contributed by atoms with Gasteiger partial charge in [-0.1, -0.05) is 6.07 Å². The molecule has 0 unspecified atom stereocenters. The van der Waals surface area contributed by atoms with Crippen molar-refractivity contribution in [1.82, 2.24) is 0 Å². The molecule has 98 valence electrons. The van der Waals surface area contributed by atoms with Crippen LogP contribution in [-0.4, -0.2) is 16.2 Å². The number of rotatable bonds is 2. The van der Waals surface area contributed by atoms with Crippen molar-refractivity contribution in [3.05, 3.63) is 40.6 Å². The van der Waals surface area contributed by atoms with E-state index in [-0.39, 0.29) is 17.1 Å². The molecule has 19 heavy (non-hydrogen) atoms. The number of phenolic OH excluding ortho intramolecular Hbond substituents is 1. The number of carboxylic acid groups (broad SMARTS) is 1. The Morgan fingerprint density at radius 3 is 2.84 bits per heavy atom. The number of benzene rings is 1. The normalized spacial score (nSPS) is 13.5. The Morgan fingerprint density at radius 2 is 2.11 bits per heavy atom. The van der Waals surface area contributed by atoms with Gasteiger partial charge in [-0.3, -0.25) is 0 Å². The minimum absolute atomic E-state index is 0.119. The lowest BCUT2D eigenvalue weighted by Gasteiger charge is -2.08. The van der Waals surface area contributed by atoms with Crippen molar-refractivity contribution in [2.24, 2.45) is 0 Å². The van der Waals surface area contributed by atoms with Crippen molar-refractivity contribution in [3.63, 3.8) is 0 Å². The molecule has 0 bridgehead atoms. The number of furan rings is 1. The summed E-state index contributed by atoms with van der Waals surface area (Å²) < 4.78 is 5.34. The Morgan fingerprint density at radius 1 is 1.32 bits per heavy atom. The fourth-order valence-corrected chi connectivity index (χ4v) is 2.74. The maximum atomic E-state index is 11.3. The molecule has 0 amide bonds. The molecule has 0 fully saturated rings. The summed E-state index contributed by atoms with van der Waals surface area (Å²) in [5.41, 5.74) is 3.20. The molecule has 0 saturated heterocycles. The summed E-state index contributed by atoms with van der Waals surface area (Å²) in [5, 5.41) is 19.6. The second-order valence-corrected chi connectivity index (χ2v) is 4.88. The molecular weight excluding hydrogens is 244 g/mol. The molecular formula is C15H14O4. The number of phenols is 1. The summed E-state index contributed by atoms with van der Waals surface area (Å²) in [6, 6.07) is 3.69. The standard InChI is InChI=1S/C15H14O4/c1-8-7-19-14(12(8)15(17)18)11-6-5-9-3-2-4-10(9)13(11)16/h5-7,16H,2-4H2,1H3,(H,17,18). The van der Waals surface area contributed by atoms with Crippen LogP contribution in [0.2, 0.25) is 0 Å². The van der Waals surface area contributed by atoms with E-state index in [1.807, 2.05) is 6.07 Å². The average Bonchev–Trinajstić information content (AvgIpc) is 2.96. The smallest absolute Gasteiger partial charge is 0.339 e. The maximum Gasteiger partial charge on any atom is 0.339 e. The van der Waals surface area contributed by atoms with E-state index in [4.69, 9.17) is 4.42 Å². The lowest BCUT2D eigenvalue weighted by atomic mass is 10.00. The summed E-state index contributed by atoms with van der Waals surface area (Å²) in [5.74, 6) is -0.648. The van der Waals surface area contributed by atoms with Crippen LogP contribution in [0.15, 0.2) is 22.8 Å². The SMILES string of the molecule is Cc1coc(-c2ccc3c(c2O)CCC3)c1C(=O)O. The number of carboxylic acids is 1. The van der Waals surface area contributed by atoms with Crippen LogP contribution in [0.4, 0.5) is 0 Å². The van der Waals surface area contributed by atoms with E-state index >= 15 is 0 Å². The van der Waals surface area contributed by atoms with Gasteiger partial charge in [0.15, 0.2) is 5.76 Å². The molecule has 1 aromatic heterocycles. The summed E-state index contributed by atoms with van der Waals surface area (Å²) in [7, 11) is 0. The highest BCUT2D eigenvalue weighted by Crippen LogP contribution is 2.40. The highest BCUT2D eigenvalue weighted by Gasteiger charge is 2.24. The molecule has 2 aromatic rings. The molecule has 3 rings (SSSR count). The third-order valence-corrected chi connectivity index (χ3v) is 3.69. The van der Waals surface area contributed by atoms with Crippen molar-refractivity contribution < 1.29 is 19.4 Å². The molecule has 1 aliphatic rings. The molecule has 4 heteroatoms. The van der Waals surface area contributed by atoms with Gasteiger partial charge in [0.2, 0.25) is 0 Å². The van der Waals surface area contributed by atoms with Gasteiger partial charge in [0.25, 0.3) is 0 Å². The fourth-order valence-electron chi connectivity index (χ4n) is 2.74. The molecule has 0 spiro atoms. The topological polar surface area (TPSA) is 70.7 Å². The third-order valence-electron chi connectivity index (χ3n) is 3.69. The first-order valence-corrected chi connectivity index (χ1v) is 6.25. The van der Waals surface area contributed by atoms with Crippen LogP contribution in [0.1, 0.15) is 33.5 Å². The van der Waals surface area contributed by atoms with Gasteiger partial charge in [-0.25, -0.2) is 4.79 Å². The summed E-state index contributed by atoms with van der Waals surface area (Å²) in [6.07, 6.45) is 4.23. The van der Waals surface area contributed by atoms with Gasteiger partial charge in [-0.05, 0) is 43.4 Å². The highest BCUT2D eigenvalue weighted by atomic mass is 16.4. The van der Waals surface area contributed by atoms with Crippen LogP contribution in [-0.2, 0) is 12.8 Å². The van der Waals surface area contributed by atoms with E-state index < -0.39 is 5.97 Å². The van der Waals surface area contributed by atoms with Gasteiger partial charge in [0, 0.05) is 5.56 Å². The fraction of sp³-hybridized carbons (Fsp3) is 0.267. The molecule has 0 aliphatic heterocycles. The van der Waals surface area contributed by atoms with Crippen LogP contribution < -0.4 is 0 Å². The van der Waals surface area contributed by atoms with E-state index in [1.54, 1.807) is 13.0 Å². The zero-order valence-corrected chi connectivity index (χ0v) is 10.6. The van der Waals surface area contributed by atoms with Gasteiger partial charge in [-0.2, -0.15) is 0 Å². The Balaban J connectivity index is 2.21. The Kier molecular flexibility index (Phi) is 2.59. The average molecular weight is 258 g/mol. The van der Waals surface area contributed by atoms with Gasteiger partial charge < -0.3 is 14.6 Å². The number of fused-ring (bicyclic) bond motifs is 1. The molecule has 4 nitrogen and oxygen atoms in total. The van der Waals surface area contributed by atoms with Crippen molar-refractivity contribution in [2.45, 2.75) is 26.2 Å². The van der Waals surface area contributed by atoms with E-state index in [2.05, 4.69) is 0 Å². The van der Waals surface area contributed by atoms with Crippen molar-refractivity contribution in [3.8, 4) is 17.1 Å². The minimum atomic E-state index is -1.04. The predicted molar refractivity (Wildman–Crippen MR) is 69.5 cm³/mol. The van der Waals surface area contributed by atoms with Crippen LogP contribution >= 0.6 is 0 Å². The molecule has 2 N–H and O–H groups in total. The van der Waals surface area contributed by atoms with E-state index in [0.717, 1.165) is 30.4 Å². The van der Waals surface area contributed by atoms with Crippen molar-refractivity contribution in [1.29, 1.82) is 0 Å². The Bertz CT molecular complexity index is 667. The maximum absolute atomic E-state index is 11.3. The lowest BCUT2D eigenvalue weighted by Crippen LogP contribution is -1.99. The van der Waals surface area contributed by atoms with Gasteiger partial charge in [-0.15, -0.1) is 0 Å². The molecule has 1 aromatic carbocycles. The summed E-state index contributed by atoms with van der Waals surface area (Å²) in [6.45, 7) is 1.68. The first-order chi connectivity index (χ1) is 9.09. The zero-order valence-electron chi connectivity index (χ0n) is 10.6. The lowest BCUT2D eigenvalue weighted by molar-refractivity contribution is 0.0696. The van der Waals surface area contributed by atoms with Crippen LogP contribution in [0.25, 0.3) is 11.3 Å². The molecule has 1 heterocycles. The first kappa shape index (κ1) is 11.8.